The Balaban J connectivity index is 2.80. The highest BCUT2D eigenvalue weighted by Crippen LogP contribution is 2.20. The van der Waals surface area contributed by atoms with Crippen LogP contribution >= 0.6 is 0 Å². The molecule has 1 aromatic carbocycles. The lowest BCUT2D eigenvalue weighted by Crippen LogP contribution is -2.39. The van der Waals surface area contributed by atoms with Crippen LogP contribution in [0.25, 0.3) is 0 Å². The van der Waals surface area contributed by atoms with Crippen molar-refractivity contribution < 1.29 is 4.74 Å². The van der Waals surface area contributed by atoms with E-state index in [2.05, 4.69) is 58.1 Å². The van der Waals surface area contributed by atoms with E-state index in [-0.39, 0.29) is 5.60 Å². The van der Waals surface area contributed by atoms with Gasteiger partial charge in [0.25, 0.3) is 0 Å². The predicted octanol–water partition coefficient (Wildman–Crippen LogP) is 4.03. The molecule has 0 fully saturated rings. The van der Waals surface area contributed by atoms with Crippen LogP contribution in [-0.2, 0) is 11.2 Å². The van der Waals surface area contributed by atoms with E-state index in [0.29, 0.717) is 6.04 Å². The largest absolute Gasteiger partial charge is 0.379 e. The molecule has 0 saturated heterocycles. The van der Waals surface area contributed by atoms with Crippen LogP contribution in [0, 0.1) is 13.8 Å². The Kier molecular flexibility index (Phi) is 6.70. The minimum absolute atomic E-state index is 0.0802. The SMILES string of the molecule is CCCNC(Cc1cc(C)ccc1C)CC(C)(C)OC. The summed E-state index contributed by atoms with van der Waals surface area (Å²) in [7, 11) is 1.80. The van der Waals surface area contributed by atoms with Crippen LogP contribution in [-0.4, -0.2) is 25.3 Å². The molecule has 0 aliphatic heterocycles. The maximum Gasteiger partial charge on any atom is 0.0637 e. The van der Waals surface area contributed by atoms with Crippen LogP contribution < -0.4 is 5.32 Å². The van der Waals surface area contributed by atoms with Gasteiger partial charge in [0.1, 0.15) is 0 Å². The average molecular weight is 277 g/mol. The molecule has 1 N–H and O–H groups in total. The topological polar surface area (TPSA) is 21.3 Å². The number of nitrogens with one attached hydrogen (secondary N) is 1. The monoisotopic (exact) mass is 277 g/mol. The third-order valence-electron chi connectivity index (χ3n) is 3.94. The molecule has 0 aliphatic carbocycles. The molecule has 2 nitrogen and oxygen atoms in total. The zero-order chi connectivity index (χ0) is 15.2. The van der Waals surface area contributed by atoms with Crippen molar-refractivity contribution in [1.29, 1.82) is 0 Å². The summed E-state index contributed by atoms with van der Waals surface area (Å²) in [6.45, 7) is 12.0. The highest BCUT2D eigenvalue weighted by atomic mass is 16.5. The summed E-state index contributed by atoms with van der Waals surface area (Å²) in [5.74, 6) is 0. The van der Waals surface area contributed by atoms with Crippen LogP contribution in [0.15, 0.2) is 18.2 Å². The molecule has 1 atom stereocenters. The van der Waals surface area contributed by atoms with Crippen LogP contribution in [0.3, 0.4) is 0 Å². The quantitative estimate of drug-likeness (QED) is 0.774. The van der Waals surface area contributed by atoms with Crippen molar-refractivity contribution >= 4 is 0 Å². The average Bonchev–Trinajstić information content (AvgIpc) is 2.40. The van der Waals surface area contributed by atoms with Gasteiger partial charge in [-0.3, -0.25) is 0 Å². The van der Waals surface area contributed by atoms with Gasteiger partial charge in [0.2, 0.25) is 0 Å². The first-order valence-corrected chi connectivity index (χ1v) is 7.72. The molecule has 0 amide bonds. The molecule has 0 radical (unpaired) electrons. The van der Waals surface area contributed by atoms with Gasteiger partial charge in [-0.05, 0) is 64.6 Å². The van der Waals surface area contributed by atoms with E-state index in [1.807, 2.05) is 0 Å². The van der Waals surface area contributed by atoms with Gasteiger partial charge >= 0.3 is 0 Å². The van der Waals surface area contributed by atoms with Crippen LogP contribution in [0.2, 0.25) is 0 Å². The van der Waals surface area contributed by atoms with Crippen molar-refractivity contribution in [3.63, 3.8) is 0 Å². The van der Waals surface area contributed by atoms with Gasteiger partial charge in [0, 0.05) is 13.2 Å². The lowest BCUT2D eigenvalue weighted by Gasteiger charge is -2.29. The molecule has 114 valence electrons. The van der Waals surface area contributed by atoms with Crippen LogP contribution in [0.4, 0.5) is 0 Å². The minimum Gasteiger partial charge on any atom is -0.379 e. The van der Waals surface area contributed by atoms with Gasteiger partial charge in [-0.2, -0.15) is 0 Å². The van der Waals surface area contributed by atoms with Crippen LogP contribution in [0.1, 0.15) is 50.3 Å². The van der Waals surface area contributed by atoms with Crippen molar-refractivity contribution in [1.82, 2.24) is 5.32 Å². The normalized spacial score (nSPS) is 13.5. The van der Waals surface area contributed by atoms with Crippen molar-refractivity contribution in [2.45, 2.75) is 65.5 Å². The minimum atomic E-state index is -0.0802. The molecule has 20 heavy (non-hydrogen) atoms. The molecule has 1 rings (SSSR count). The summed E-state index contributed by atoms with van der Waals surface area (Å²) in [5.41, 5.74) is 4.09. The molecule has 0 spiro atoms. The lowest BCUT2D eigenvalue weighted by molar-refractivity contribution is 0.00713. The molecule has 1 unspecified atom stereocenters. The van der Waals surface area contributed by atoms with E-state index < -0.39 is 0 Å². The smallest absolute Gasteiger partial charge is 0.0637 e. The molecular weight excluding hydrogens is 246 g/mol. The number of ether oxygens (including phenoxy) is 1. The Bertz CT molecular complexity index is 412. The highest BCUT2D eigenvalue weighted by Gasteiger charge is 2.23. The first-order valence-electron chi connectivity index (χ1n) is 7.72. The molecule has 0 aromatic heterocycles. The molecule has 1 aromatic rings. The summed E-state index contributed by atoms with van der Waals surface area (Å²) in [6.07, 6.45) is 3.26. The number of benzene rings is 1. The second-order valence-corrected chi connectivity index (χ2v) is 6.45. The van der Waals surface area contributed by atoms with Crippen molar-refractivity contribution in [3.05, 3.63) is 34.9 Å². The maximum absolute atomic E-state index is 5.60. The second kappa shape index (κ2) is 7.80. The molecular formula is C18H31NO. The number of aryl methyl sites for hydroxylation is 2. The second-order valence-electron chi connectivity index (χ2n) is 6.45. The van der Waals surface area contributed by atoms with E-state index in [1.165, 1.54) is 16.7 Å². The van der Waals surface area contributed by atoms with Crippen molar-refractivity contribution in [2.24, 2.45) is 0 Å². The lowest BCUT2D eigenvalue weighted by atomic mass is 9.91. The van der Waals surface area contributed by atoms with Gasteiger partial charge in [-0.1, -0.05) is 30.7 Å². The molecule has 0 aliphatic rings. The summed E-state index contributed by atoms with van der Waals surface area (Å²) in [4.78, 5) is 0. The molecule has 0 bridgehead atoms. The number of methoxy groups -OCH3 is 1. The number of rotatable bonds is 8. The van der Waals surface area contributed by atoms with E-state index in [0.717, 1.165) is 25.8 Å². The van der Waals surface area contributed by atoms with Crippen molar-refractivity contribution in [3.8, 4) is 0 Å². The fourth-order valence-electron chi connectivity index (χ4n) is 2.53. The number of hydrogen-bond acceptors (Lipinski definition) is 2. The summed E-state index contributed by atoms with van der Waals surface area (Å²) >= 11 is 0. The van der Waals surface area contributed by atoms with Crippen molar-refractivity contribution in [2.75, 3.05) is 13.7 Å². The zero-order valence-corrected chi connectivity index (χ0v) is 14.0. The highest BCUT2D eigenvalue weighted by molar-refractivity contribution is 5.31. The maximum atomic E-state index is 5.60. The van der Waals surface area contributed by atoms with E-state index >= 15 is 0 Å². The van der Waals surface area contributed by atoms with Crippen LogP contribution in [0.5, 0.6) is 0 Å². The third kappa shape index (κ3) is 5.64. The van der Waals surface area contributed by atoms with E-state index in [9.17, 15) is 0 Å². The molecule has 2 heteroatoms. The zero-order valence-electron chi connectivity index (χ0n) is 14.0. The summed E-state index contributed by atoms with van der Waals surface area (Å²) in [5, 5.41) is 3.68. The molecule has 0 saturated carbocycles. The van der Waals surface area contributed by atoms with Gasteiger partial charge in [0.05, 0.1) is 5.60 Å². The van der Waals surface area contributed by atoms with Gasteiger partial charge in [-0.15, -0.1) is 0 Å². The molecule has 0 heterocycles. The van der Waals surface area contributed by atoms with Gasteiger partial charge in [0.15, 0.2) is 0 Å². The number of hydrogen-bond donors (Lipinski definition) is 1. The van der Waals surface area contributed by atoms with Gasteiger partial charge < -0.3 is 10.1 Å². The predicted molar refractivity (Wildman–Crippen MR) is 87.4 cm³/mol. The third-order valence-corrected chi connectivity index (χ3v) is 3.94. The Morgan fingerprint density at radius 2 is 1.95 bits per heavy atom. The van der Waals surface area contributed by atoms with E-state index in [4.69, 9.17) is 4.74 Å². The standard InChI is InChI=1S/C18H31NO/c1-7-10-19-17(13-18(4,5)20-6)12-16-11-14(2)8-9-15(16)3/h8-9,11,17,19H,7,10,12-13H2,1-6H3. The van der Waals surface area contributed by atoms with Gasteiger partial charge in [-0.25, -0.2) is 0 Å². The fourth-order valence-corrected chi connectivity index (χ4v) is 2.53. The first-order chi connectivity index (χ1) is 9.38. The summed E-state index contributed by atoms with van der Waals surface area (Å²) < 4.78 is 5.60. The Morgan fingerprint density at radius 1 is 1.25 bits per heavy atom. The Hall–Kier alpha value is -0.860. The summed E-state index contributed by atoms with van der Waals surface area (Å²) in [6, 6.07) is 7.19. The van der Waals surface area contributed by atoms with E-state index in [1.54, 1.807) is 7.11 Å². The Labute approximate surface area is 124 Å². The first kappa shape index (κ1) is 17.2. The fraction of sp³-hybridized carbons (Fsp3) is 0.667. The Morgan fingerprint density at radius 3 is 2.55 bits per heavy atom.